The lowest BCUT2D eigenvalue weighted by atomic mass is 10.1. The maximum Gasteiger partial charge on any atom is 0.227 e. The van der Waals surface area contributed by atoms with Crippen LogP contribution in [0.15, 0.2) is 30.6 Å². The first-order chi connectivity index (χ1) is 10.6. The standard InChI is InChI=1S/C15H19N5O2/c1-11-9-22-12(2)8-19(11)15(21)7-13-3-5-14(6-4-13)20-10-16-17-18-20/h3-6,10-12H,7-9H2,1-2H3/t11-,12-/m0/s1. The molecule has 7 nitrogen and oxygen atoms in total. The Morgan fingerprint density at radius 3 is 2.77 bits per heavy atom. The molecule has 2 aromatic rings. The van der Waals surface area contributed by atoms with E-state index < -0.39 is 0 Å². The highest BCUT2D eigenvalue weighted by molar-refractivity contribution is 5.79. The van der Waals surface area contributed by atoms with E-state index in [0.717, 1.165) is 11.3 Å². The summed E-state index contributed by atoms with van der Waals surface area (Å²) >= 11 is 0. The second kappa shape index (κ2) is 6.23. The van der Waals surface area contributed by atoms with Crippen molar-refractivity contribution >= 4 is 5.91 Å². The first-order valence-electron chi connectivity index (χ1n) is 7.37. The van der Waals surface area contributed by atoms with Gasteiger partial charge in [-0.15, -0.1) is 5.10 Å². The second-order valence-corrected chi connectivity index (χ2v) is 5.64. The molecule has 0 unspecified atom stereocenters. The normalized spacial score (nSPS) is 21.8. The van der Waals surface area contributed by atoms with E-state index in [-0.39, 0.29) is 18.1 Å². The van der Waals surface area contributed by atoms with E-state index in [0.29, 0.717) is 19.6 Å². The summed E-state index contributed by atoms with van der Waals surface area (Å²) in [6, 6.07) is 7.81. The monoisotopic (exact) mass is 301 g/mol. The fraction of sp³-hybridized carbons (Fsp3) is 0.467. The molecular weight excluding hydrogens is 282 g/mol. The molecule has 1 aliphatic heterocycles. The summed E-state index contributed by atoms with van der Waals surface area (Å²) in [6.07, 6.45) is 2.03. The van der Waals surface area contributed by atoms with E-state index in [9.17, 15) is 4.79 Å². The molecule has 2 heterocycles. The molecule has 0 saturated carbocycles. The molecule has 0 N–H and O–H groups in total. The van der Waals surface area contributed by atoms with Gasteiger partial charge in [0, 0.05) is 6.54 Å². The summed E-state index contributed by atoms with van der Waals surface area (Å²) in [5.74, 6) is 0.137. The van der Waals surface area contributed by atoms with E-state index in [1.165, 1.54) is 6.33 Å². The smallest absolute Gasteiger partial charge is 0.227 e. The minimum atomic E-state index is 0.0994. The lowest BCUT2D eigenvalue weighted by Crippen LogP contribution is -2.50. The second-order valence-electron chi connectivity index (χ2n) is 5.64. The fourth-order valence-corrected chi connectivity index (χ4v) is 2.57. The maximum absolute atomic E-state index is 12.5. The zero-order valence-corrected chi connectivity index (χ0v) is 12.7. The third kappa shape index (κ3) is 3.14. The van der Waals surface area contributed by atoms with Gasteiger partial charge in [0.05, 0.1) is 30.9 Å². The van der Waals surface area contributed by atoms with Crippen molar-refractivity contribution in [2.45, 2.75) is 32.4 Å². The average molecular weight is 301 g/mol. The number of nitrogens with zero attached hydrogens (tertiary/aromatic N) is 5. The van der Waals surface area contributed by atoms with Gasteiger partial charge in [-0.05, 0) is 42.0 Å². The minimum Gasteiger partial charge on any atom is -0.375 e. The molecule has 2 atom stereocenters. The molecule has 1 aromatic carbocycles. The number of hydrogen-bond acceptors (Lipinski definition) is 5. The first kappa shape index (κ1) is 14.6. The number of aromatic nitrogens is 4. The van der Waals surface area contributed by atoms with Crippen LogP contribution in [0.4, 0.5) is 0 Å². The number of carbonyl (C=O) groups is 1. The first-order valence-corrected chi connectivity index (χ1v) is 7.37. The molecule has 1 aromatic heterocycles. The summed E-state index contributed by atoms with van der Waals surface area (Å²) in [7, 11) is 0. The molecule has 1 amide bonds. The van der Waals surface area contributed by atoms with Crippen LogP contribution < -0.4 is 0 Å². The van der Waals surface area contributed by atoms with Crippen LogP contribution >= 0.6 is 0 Å². The third-order valence-electron chi connectivity index (χ3n) is 3.83. The van der Waals surface area contributed by atoms with Crippen LogP contribution in [0.25, 0.3) is 5.69 Å². The molecule has 7 heteroatoms. The maximum atomic E-state index is 12.5. The van der Waals surface area contributed by atoms with Crippen LogP contribution in [-0.4, -0.2) is 56.3 Å². The Balaban J connectivity index is 1.66. The summed E-state index contributed by atoms with van der Waals surface area (Å²) in [5, 5.41) is 11.0. The Hall–Kier alpha value is -2.28. The van der Waals surface area contributed by atoms with Gasteiger partial charge in [0.1, 0.15) is 6.33 Å². The highest BCUT2D eigenvalue weighted by Gasteiger charge is 2.27. The predicted octanol–water partition coefficient (Wildman–Crippen LogP) is 0.841. The van der Waals surface area contributed by atoms with Gasteiger partial charge in [-0.2, -0.15) is 0 Å². The quantitative estimate of drug-likeness (QED) is 0.840. The Morgan fingerprint density at radius 1 is 1.32 bits per heavy atom. The molecule has 22 heavy (non-hydrogen) atoms. The summed E-state index contributed by atoms with van der Waals surface area (Å²) in [5.41, 5.74) is 1.85. The van der Waals surface area contributed by atoms with Crippen LogP contribution in [0.1, 0.15) is 19.4 Å². The van der Waals surface area contributed by atoms with Crippen molar-refractivity contribution in [3.8, 4) is 5.69 Å². The van der Waals surface area contributed by atoms with Crippen molar-refractivity contribution in [1.82, 2.24) is 25.1 Å². The van der Waals surface area contributed by atoms with Crippen LogP contribution in [0.5, 0.6) is 0 Å². The van der Waals surface area contributed by atoms with Crippen LogP contribution in [-0.2, 0) is 16.0 Å². The molecule has 116 valence electrons. The van der Waals surface area contributed by atoms with Crippen molar-refractivity contribution in [1.29, 1.82) is 0 Å². The van der Waals surface area contributed by atoms with Gasteiger partial charge in [0.2, 0.25) is 5.91 Å². The zero-order valence-electron chi connectivity index (χ0n) is 12.7. The number of amides is 1. The lowest BCUT2D eigenvalue weighted by molar-refractivity contribution is -0.142. The van der Waals surface area contributed by atoms with E-state index >= 15 is 0 Å². The van der Waals surface area contributed by atoms with Crippen molar-refractivity contribution in [3.63, 3.8) is 0 Å². The van der Waals surface area contributed by atoms with Gasteiger partial charge in [-0.3, -0.25) is 4.79 Å². The fourth-order valence-electron chi connectivity index (χ4n) is 2.57. The van der Waals surface area contributed by atoms with E-state index in [2.05, 4.69) is 15.5 Å². The van der Waals surface area contributed by atoms with Gasteiger partial charge < -0.3 is 9.64 Å². The molecular formula is C15H19N5O2. The SMILES string of the molecule is C[C@H]1CN(C(=O)Cc2ccc(-n3cnnn3)cc2)[C@@H](C)CO1. The number of benzene rings is 1. The molecule has 1 fully saturated rings. The van der Waals surface area contributed by atoms with E-state index in [1.807, 2.05) is 43.0 Å². The highest BCUT2D eigenvalue weighted by Crippen LogP contribution is 2.15. The zero-order chi connectivity index (χ0) is 15.5. The molecule has 0 radical (unpaired) electrons. The molecule has 0 bridgehead atoms. The van der Waals surface area contributed by atoms with Crippen molar-refractivity contribution < 1.29 is 9.53 Å². The lowest BCUT2D eigenvalue weighted by Gasteiger charge is -2.36. The average Bonchev–Trinajstić information content (AvgIpc) is 3.05. The van der Waals surface area contributed by atoms with Crippen LogP contribution in [0, 0.1) is 0 Å². The van der Waals surface area contributed by atoms with E-state index in [1.54, 1.807) is 4.68 Å². The summed E-state index contributed by atoms with van der Waals surface area (Å²) < 4.78 is 7.14. The van der Waals surface area contributed by atoms with Crippen LogP contribution in [0.3, 0.4) is 0 Å². The molecule has 0 spiro atoms. The summed E-state index contributed by atoms with van der Waals surface area (Å²) in [6.45, 7) is 5.27. The number of carbonyl (C=O) groups excluding carboxylic acids is 1. The summed E-state index contributed by atoms with van der Waals surface area (Å²) in [4.78, 5) is 14.4. The van der Waals surface area contributed by atoms with Gasteiger partial charge in [0.25, 0.3) is 0 Å². The number of morpholine rings is 1. The Bertz CT molecular complexity index is 626. The number of tetrazole rings is 1. The Kier molecular flexibility index (Phi) is 4.15. The minimum absolute atomic E-state index is 0.0994. The van der Waals surface area contributed by atoms with Crippen molar-refractivity contribution in [2.75, 3.05) is 13.2 Å². The molecule has 1 aliphatic rings. The van der Waals surface area contributed by atoms with Crippen molar-refractivity contribution in [2.24, 2.45) is 0 Å². The van der Waals surface area contributed by atoms with Gasteiger partial charge in [0.15, 0.2) is 0 Å². The number of rotatable bonds is 3. The Morgan fingerprint density at radius 2 is 2.09 bits per heavy atom. The highest BCUT2D eigenvalue weighted by atomic mass is 16.5. The largest absolute Gasteiger partial charge is 0.375 e. The van der Waals surface area contributed by atoms with E-state index in [4.69, 9.17) is 4.74 Å². The Labute approximate surface area is 128 Å². The number of ether oxygens (including phenoxy) is 1. The van der Waals surface area contributed by atoms with Crippen molar-refractivity contribution in [3.05, 3.63) is 36.2 Å². The van der Waals surface area contributed by atoms with Gasteiger partial charge in [-0.1, -0.05) is 12.1 Å². The van der Waals surface area contributed by atoms with Gasteiger partial charge in [-0.25, -0.2) is 4.68 Å². The van der Waals surface area contributed by atoms with Gasteiger partial charge >= 0.3 is 0 Å². The number of hydrogen-bond donors (Lipinski definition) is 0. The predicted molar refractivity (Wildman–Crippen MR) is 79.4 cm³/mol. The molecule has 1 saturated heterocycles. The molecule has 0 aliphatic carbocycles. The topological polar surface area (TPSA) is 73.1 Å². The van der Waals surface area contributed by atoms with Crippen LogP contribution in [0.2, 0.25) is 0 Å². The molecule has 3 rings (SSSR count). The third-order valence-corrected chi connectivity index (χ3v) is 3.83.